The highest BCUT2D eigenvalue weighted by molar-refractivity contribution is 7.13. The Morgan fingerprint density at radius 1 is 1.24 bits per heavy atom. The second-order valence-corrected chi connectivity index (χ2v) is 5.61. The number of hydrogen-bond acceptors (Lipinski definition) is 2. The van der Waals surface area contributed by atoms with Crippen molar-refractivity contribution in [3.63, 3.8) is 0 Å². The fourth-order valence-corrected chi connectivity index (χ4v) is 2.68. The number of aryl methyl sites for hydroxylation is 1. The van der Waals surface area contributed by atoms with E-state index < -0.39 is 0 Å². The summed E-state index contributed by atoms with van der Waals surface area (Å²) in [6, 6.07) is 11.6. The molecule has 2 rings (SSSR count). The molecule has 0 saturated carbocycles. The van der Waals surface area contributed by atoms with Crippen molar-refractivity contribution in [2.45, 2.75) is 33.4 Å². The number of hydrogen-bond donors (Lipinski definition) is 1. The van der Waals surface area contributed by atoms with Gasteiger partial charge in [-0.2, -0.15) is 0 Å². The lowest BCUT2D eigenvalue weighted by molar-refractivity contribution is 0.589. The molecule has 1 aromatic carbocycles. The van der Waals surface area contributed by atoms with E-state index in [0.29, 0.717) is 6.04 Å². The molecule has 0 saturated heterocycles. The standard InChI is InChI=1S/C15H19NS/c1-11(2)16-10-13-6-7-14(12(3)9-13)15-5-4-8-17-15/h4-9,11,16H,10H2,1-3H3. The van der Waals surface area contributed by atoms with Gasteiger partial charge in [0.1, 0.15) is 0 Å². The summed E-state index contributed by atoms with van der Waals surface area (Å²) < 4.78 is 0. The minimum Gasteiger partial charge on any atom is -0.310 e. The summed E-state index contributed by atoms with van der Waals surface area (Å²) >= 11 is 1.80. The van der Waals surface area contributed by atoms with Crippen molar-refractivity contribution in [3.8, 4) is 10.4 Å². The molecule has 17 heavy (non-hydrogen) atoms. The quantitative estimate of drug-likeness (QED) is 0.850. The second-order valence-electron chi connectivity index (χ2n) is 4.66. The first-order chi connectivity index (χ1) is 8.16. The van der Waals surface area contributed by atoms with Gasteiger partial charge in [0.2, 0.25) is 0 Å². The van der Waals surface area contributed by atoms with Crippen LogP contribution in [-0.4, -0.2) is 6.04 Å². The summed E-state index contributed by atoms with van der Waals surface area (Å²) in [5.74, 6) is 0. The van der Waals surface area contributed by atoms with E-state index in [1.54, 1.807) is 11.3 Å². The van der Waals surface area contributed by atoms with Crippen LogP contribution in [0, 0.1) is 6.92 Å². The van der Waals surface area contributed by atoms with Crippen molar-refractivity contribution in [2.75, 3.05) is 0 Å². The largest absolute Gasteiger partial charge is 0.310 e. The lowest BCUT2D eigenvalue weighted by atomic mass is 10.0. The molecule has 1 N–H and O–H groups in total. The van der Waals surface area contributed by atoms with Crippen molar-refractivity contribution in [2.24, 2.45) is 0 Å². The van der Waals surface area contributed by atoms with E-state index in [0.717, 1.165) is 6.54 Å². The molecular weight excluding hydrogens is 226 g/mol. The van der Waals surface area contributed by atoms with Crippen LogP contribution in [0.2, 0.25) is 0 Å². The van der Waals surface area contributed by atoms with Gasteiger partial charge in [-0.15, -0.1) is 11.3 Å². The Morgan fingerprint density at radius 3 is 2.65 bits per heavy atom. The van der Waals surface area contributed by atoms with Crippen molar-refractivity contribution < 1.29 is 0 Å². The molecule has 0 spiro atoms. The van der Waals surface area contributed by atoms with Crippen LogP contribution in [0.5, 0.6) is 0 Å². The van der Waals surface area contributed by atoms with E-state index in [2.05, 4.69) is 61.8 Å². The van der Waals surface area contributed by atoms with Gasteiger partial charge < -0.3 is 5.32 Å². The van der Waals surface area contributed by atoms with Crippen LogP contribution >= 0.6 is 11.3 Å². The Bertz CT molecular complexity index is 472. The third-order valence-electron chi connectivity index (χ3n) is 2.79. The molecule has 0 bridgehead atoms. The molecule has 1 nitrogen and oxygen atoms in total. The number of nitrogens with one attached hydrogen (secondary N) is 1. The van der Waals surface area contributed by atoms with E-state index >= 15 is 0 Å². The molecule has 0 atom stereocenters. The Balaban J connectivity index is 2.17. The number of rotatable bonds is 4. The van der Waals surface area contributed by atoms with Crippen LogP contribution < -0.4 is 5.32 Å². The predicted molar refractivity (Wildman–Crippen MR) is 76.5 cm³/mol. The monoisotopic (exact) mass is 245 g/mol. The average Bonchev–Trinajstić information content (AvgIpc) is 2.79. The zero-order valence-corrected chi connectivity index (χ0v) is 11.5. The van der Waals surface area contributed by atoms with Gasteiger partial charge in [0.25, 0.3) is 0 Å². The fourth-order valence-electron chi connectivity index (χ4n) is 1.87. The van der Waals surface area contributed by atoms with Gasteiger partial charge in [0.05, 0.1) is 0 Å². The third-order valence-corrected chi connectivity index (χ3v) is 3.70. The molecule has 0 amide bonds. The van der Waals surface area contributed by atoms with Gasteiger partial charge in [0, 0.05) is 17.5 Å². The smallest absolute Gasteiger partial charge is 0.0345 e. The molecular formula is C15H19NS. The lowest BCUT2D eigenvalue weighted by Crippen LogP contribution is -2.21. The highest BCUT2D eigenvalue weighted by Crippen LogP contribution is 2.28. The number of thiophene rings is 1. The Hall–Kier alpha value is -1.12. The first-order valence-corrected chi connectivity index (χ1v) is 6.91. The van der Waals surface area contributed by atoms with Crippen molar-refractivity contribution in [3.05, 3.63) is 46.8 Å². The molecule has 90 valence electrons. The van der Waals surface area contributed by atoms with E-state index in [1.807, 2.05) is 0 Å². The first kappa shape index (κ1) is 12.3. The number of benzene rings is 1. The third kappa shape index (κ3) is 3.18. The fraction of sp³-hybridized carbons (Fsp3) is 0.333. The summed E-state index contributed by atoms with van der Waals surface area (Å²) in [5, 5.41) is 5.57. The van der Waals surface area contributed by atoms with Crippen LogP contribution in [0.15, 0.2) is 35.7 Å². The molecule has 0 aliphatic heterocycles. The molecule has 0 aliphatic rings. The van der Waals surface area contributed by atoms with Crippen LogP contribution in [0.1, 0.15) is 25.0 Å². The molecule has 1 heterocycles. The van der Waals surface area contributed by atoms with E-state index in [9.17, 15) is 0 Å². The van der Waals surface area contributed by atoms with Gasteiger partial charge >= 0.3 is 0 Å². The zero-order valence-electron chi connectivity index (χ0n) is 10.7. The normalized spacial score (nSPS) is 11.1. The predicted octanol–water partition coefficient (Wildman–Crippen LogP) is 4.22. The molecule has 0 fully saturated rings. The molecule has 2 aromatic rings. The maximum absolute atomic E-state index is 3.45. The van der Waals surface area contributed by atoms with Crippen molar-refractivity contribution >= 4 is 11.3 Å². The van der Waals surface area contributed by atoms with Crippen LogP contribution in [-0.2, 0) is 6.54 Å². The Kier molecular flexibility index (Phi) is 3.97. The first-order valence-electron chi connectivity index (χ1n) is 6.03. The Labute approximate surface area is 108 Å². The molecule has 0 aliphatic carbocycles. The van der Waals surface area contributed by atoms with Crippen LogP contribution in [0.25, 0.3) is 10.4 Å². The van der Waals surface area contributed by atoms with Gasteiger partial charge in [-0.05, 0) is 35.1 Å². The van der Waals surface area contributed by atoms with Crippen LogP contribution in [0.4, 0.5) is 0 Å². The second kappa shape index (κ2) is 5.48. The summed E-state index contributed by atoms with van der Waals surface area (Å²) in [4.78, 5) is 1.35. The summed E-state index contributed by atoms with van der Waals surface area (Å²) in [5.41, 5.74) is 4.07. The van der Waals surface area contributed by atoms with Crippen LogP contribution in [0.3, 0.4) is 0 Å². The highest BCUT2D eigenvalue weighted by Gasteiger charge is 2.04. The molecule has 0 radical (unpaired) electrons. The summed E-state index contributed by atoms with van der Waals surface area (Å²) in [6.07, 6.45) is 0. The van der Waals surface area contributed by atoms with E-state index in [-0.39, 0.29) is 0 Å². The lowest BCUT2D eigenvalue weighted by Gasteiger charge is -2.10. The SMILES string of the molecule is Cc1cc(CNC(C)C)ccc1-c1cccs1. The maximum atomic E-state index is 3.45. The zero-order chi connectivity index (χ0) is 12.3. The molecule has 2 heteroatoms. The molecule has 1 aromatic heterocycles. The summed E-state index contributed by atoms with van der Waals surface area (Å²) in [6.45, 7) is 7.48. The van der Waals surface area contributed by atoms with E-state index in [4.69, 9.17) is 0 Å². The van der Waals surface area contributed by atoms with Gasteiger partial charge in [0.15, 0.2) is 0 Å². The summed E-state index contributed by atoms with van der Waals surface area (Å²) in [7, 11) is 0. The average molecular weight is 245 g/mol. The Morgan fingerprint density at radius 2 is 2.06 bits per heavy atom. The van der Waals surface area contributed by atoms with Crippen molar-refractivity contribution in [1.82, 2.24) is 5.32 Å². The van der Waals surface area contributed by atoms with Gasteiger partial charge in [-0.1, -0.05) is 38.1 Å². The van der Waals surface area contributed by atoms with Crippen molar-refractivity contribution in [1.29, 1.82) is 0 Å². The van der Waals surface area contributed by atoms with Gasteiger partial charge in [-0.25, -0.2) is 0 Å². The highest BCUT2D eigenvalue weighted by atomic mass is 32.1. The maximum Gasteiger partial charge on any atom is 0.0345 e. The molecule has 0 unspecified atom stereocenters. The minimum atomic E-state index is 0.535. The minimum absolute atomic E-state index is 0.535. The topological polar surface area (TPSA) is 12.0 Å². The van der Waals surface area contributed by atoms with E-state index in [1.165, 1.54) is 21.6 Å². The van der Waals surface area contributed by atoms with Gasteiger partial charge in [-0.3, -0.25) is 0 Å².